The standard InChI is InChI=1S/C15H22FN3O2/c1-4-17-15(21)19-13(20)9-18-14(10(2)3)11-5-7-12(16)8-6-11/h5-8,10,14,18H,4,9H2,1-3H3,(H2,17,19,20,21)/t14-/m0/s1. The minimum atomic E-state index is -0.507. The number of urea groups is 1. The van der Waals surface area contributed by atoms with Crippen molar-refractivity contribution in [3.05, 3.63) is 35.6 Å². The first-order valence-electron chi connectivity index (χ1n) is 7.00. The molecule has 0 heterocycles. The van der Waals surface area contributed by atoms with Crippen LogP contribution in [0.25, 0.3) is 0 Å². The van der Waals surface area contributed by atoms with E-state index in [0.29, 0.717) is 6.54 Å². The minimum absolute atomic E-state index is 0.0113. The molecule has 0 aromatic heterocycles. The molecule has 0 aliphatic heterocycles. The highest BCUT2D eigenvalue weighted by Crippen LogP contribution is 2.21. The first-order chi connectivity index (χ1) is 9.93. The maximum atomic E-state index is 13.0. The summed E-state index contributed by atoms with van der Waals surface area (Å²) in [5, 5.41) is 7.80. The summed E-state index contributed by atoms with van der Waals surface area (Å²) in [6.45, 7) is 6.24. The van der Waals surface area contributed by atoms with E-state index in [1.54, 1.807) is 19.1 Å². The van der Waals surface area contributed by atoms with Crippen molar-refractivity contribution in [2.24, 2.45) is 5.92 Å². The summed E-state index contributed by atoms with van der Waals surface area (Å²) in [7, 11) is 0. The van der Waals surface area contributed by atoms with Gasteiger partial charge in [-0.3, -0.25) is 10.1 Å². The minimum Gasteiger partial charge on any atom is -0.338 e. The van der Waals surface area contributed by atoms with Crippen molar-refractivity contribution >= 4 is 11.9 Å². The van der Waals surface area contributed by atoms with Crippen molar-refractivity contribution in [3.63, 3.8) is 0 Å². The van der Waals surface area contributed by atoms with Gasteiger partial charge in [0.25, 0.3) is 0 Å². The average Bonchev–Trinajstić information content (AvgIpc) is 2.40. The van der Waals surface area contributed by atoms with E-state index in [1.807, 2.05) is 13.8 Å². The van der Waals surface area contributed by atoms with Crippen molar-refractivity contribution in [3.8, 4) is 0 Å². The van der Waals surface area contributed by atoms with E-state index in [-0.39, 0.29) is 24.3 Å². The zero-order valence-corrected chi connectivity index (χ0v) is 12.6. The first-order valence-corrected chi connectivity index (χ1v) is 7.00. The molecule has 116 valence electrons. The molecule has 1 aromatic carbocycles. The zero-order chi connectivity index (χ0) is 15.8. The molecule has 1 rings (SSSR count). The Morgan fingerprint density at radius 2 is 1.81 bits per heavy atom. The van der Waals surface area contributed by atoms with Crippen LogP contribution in [0.15, 0.2) is 24.3 Å². The Balaban J connectivity index is 2.58. The predicted molar refractivity (Wildman–Crippen MR) is 79.2 cm³/mol. The van der Waals surface area contributed by atoms with Crippen LogP contribution in [-0.4, -0.2) is 25.0 Å². The summed E-state index contributed by atoms with van der Waals surface area (Å²) >= 11 is 0. The van der Waals surface area contributed by atoms with E-state index in [4.69, 9.17) is 0 Å². The fourth-order valence-corrected chi connectivity index (χ4v) is 1.99. The summed E-state index contributed by atoms with van der Waals surface area (Å²) in [5.74, 6) is -0.489. The molecule has 0 fully saturated rings. The SMILES string of the molecule is CCNC(=O)NC(=O)CN[C@H](c1ccc(F)cc1)C(C)C. The number of amides is 3. The summed E-state index contributed by atoms with van der Waals surface area (Å²) in [5.41, 5.74) is 0.900. The van der Waals surface area contributed by atoms with Crippen LogP contribution in [0, 0.1) is 11.7 Å². The Labute approximate surface area is 124 Å². The average molecular weight is 295 g/mol. The molecule has 0 aliphatic carbocycles. The quantitative estimate of drug-likeness (QED) is 0.751. The van der Waals surface area contributed by atoms with Crippen LogP contribution in [0.1, 0.15) is 32.4 Å². The van der Waals surface area contributed by atoms with Gasteiger partial charge < -0.3 is 10.6 Å². The van der Waals surface area contributed by atoms with Gasteiger partial charge in [-0.2, -0.15) is 0 Å². The van der Waals surface area contributed by atoms with E-state index in [1.165, 1.54) is 12.1 Å². The lowest BCUT2D eigenvalue weighted by Crippen LogP contribution is -2.44. The van der Waals surface area contributed by atoms with Gasteiger partial charge in [0.1, 0.15) is 5.82 Å². The summed E-state index contributed by atoms with van der Waals surface area (Å²) in [4.78, 5) is 22.9. The van der Waals surface area contributed by atoms with Crippen LogP contribution >= 0.6 is 0 Å². The number of benzene rings is 1. The predicted octanol–water partition coefficient (Wildman–Crippen LogP) is 1.96. The van der Waals surface area contributed by atoms with Crippen molar-refractivity contribution in [1.29, 1.82) is 0 Å². The molecule has 1 atom stereocenters. The molecule has 0 spiro atoms. The van der Waals surface area contributed by atoms with Gasteiger partial charge in [-0.25, -0.2) is 9.18 Å². The highest BCUT2D eigenvalue weighted by atomic mass is 19.1. The second-order valence-corrected chi connectivity index (χ2v) is 5.06. The summed E-state index contributed by atoms with van der Waals surface area (Å²) < 4.78 is 13.0. The Bertz CT molecular complexity index is 474. The molecule has 0 saturated carbocycles. The lowest BCUT2D eigenvalue weighted by atomic mass is 9.96. The summed E-state index contributed by atoms with van der Waals surface area (Å²) in [6.07, 6.45) is 0. The van der Waals surface area contributed by atoms with Gasteiger partial charge in [0.15, 0.2) is 0 Å². The van der Waals surface area contributed by atoms with Crippen LogP contribution < -0.4 is 16.0 Å². The molecule has 5 nitrogen and oxygen atoms in total. The smallest absolute Gasteiger partial charge is 0.321 e. The van der Waals surface area contributed by atoms with E-state index >= 15 is 0 Å². The van der Waals surface area contributed by atoms with Gasteiger partial charge in [-0.1, -0.05) is 26.0 Å². The number of rotatable bonds is 6. The third kappa shape index (κ3) is 5.91. The van der Waals surface area contributed by atoms with Crippen molar-refractivity contribution in [2.75, 3.05) is 13.1 Å². The largest absolute Gasteiger partial charge is 0.338 e. The third-order valence-corrected chi connectivity index (χ3v) is 2.97. The van der Waals surface area contributed by atoms with E-state index in [9.17, 15) is 14.0 Å². The number of carbonyl (C=O) groups is 2. The fraction of sp³-hybridized carbons (Fsp3) is 0.467. The van der Waals surface area contributed by atoms with E-state index in [2.05, 4.69) is 16.0 Å². The van der Waals surface area contributed by atoms with Crippen LogP contribution in [0.4, 0.5) is 9.18 Å². The van der Waals surface area contributed by atoms with Gasteiger partial charge in [-0.05, 0) is 30.5 Å². The monoisotopic (exact) mass is 295 g/mol. The molecule has 3 amide bonds. The Morgan fingerprint density at radius 3 is 2.33 bits per heavy atom. The molecule has 0 saturated heterocycles. The first kappa shape index (κ1) is 17.1. The molecular formula is C15H22FN3O2. The highest BCUT2D eigenvalue weighted by Gasteiger charge is 2.17. The molecule has 6 heteroatoms. The normalized spacial score (nSPS) is 12.0. The molecular weight excluding hydrogens is 273 g/mol. The van der Waals surface area contributed by atoms with Crippen LogP contribution in [-0.2, 0) is 4.79 Å². The lowest BCUT2D eigenvalue weighted by Gasteiger charge is -2.22. The highest BCUT2D eigenvalue weighted by molar-refractivity contribution is 5.95. The Hall–Kier alpha value is -1.95. The van der Waals surface area contributed by atoms with Gasteiger partial charge in [0.05, 0.1) is 6.54 Å². The lowest BCUT2D eigenvalue weighted by molar-refractivity contribution is -0.119. The maximum absolute atomic E-state index is 13.0. The topological polar surface area (TPSA) is 70.2 Å². The third-order valence-electron chi connectivity index (χ3n) is 2.97. The molecule has 0 bridgehead atoms. The Morgan fingerprint density at radius 1 is 1.19 bits per heavy atom. The van der Waals surface area contributed by atoms with Gasteiger partial charge in [0.2, 0.25) is 5.91 Å². The van der Waals surface area contributed by atoms with Crippen molar-refractivity contribution in [1.82, 2.24) is 16.0 Å². The second kappa shape index (κ2) is 8.36. The molecule has 0 radical (unpaired) electrons. The molecule has 21 heavy (non-hydrogen) atoms. The number of nitrogens with one attached hydrogen (secondary N) is 3. The zero-order valence-electron chi connectivity index (χ0n) is 12.6. The fourth-order valence-electron chi connectivity index (χ4n) is 1.99. The second-order valence-electron chi connectivity index (χ2n) is 5.06. The number of carbonyl (C=O) groups excluding carboxylic acids is 2. The van der Waals surface area contributed by atoms with Crippen LogP contribution in [0.5, 0.6) is 0 Å². The van der Waals surface area contributed by atoms with Crippen molar-refractivity contribution in [2.45, 2.75) is 26.8 Å². The number of hydrogen-bond acceptors (Lipinski definition) is 3. The number of imide groups is 1. The van der Waals surface area contributed by atoms with E-state index in [0.717, 1.165) is 5.56 Å². The molecule has 0 aliphatic rings. The van der Waals surface area contributed by atoms with Gasteiger partial charge >= 0.3 is 6.03 Å². The molecule has 3 N–H and O–H groups in total. The van der Waals surface area contributed by atoms with Gasteiger partial charge in [-0.15, -0.1) is 0 Å². The van der Waals surface area contributed by atoms with E-state index < -0.39 is 11.9 Å². The number of halogens is 1. The number of hydrogen-bond donors (Lipinski definition) is 3. The van der Waals surface area contributed by atoms with Gasteiger partial charge in [0, 0.05) is 12.6 Å². The van der Waals surface area contributed by atoms with Crippen LogP contribution in [0.3, 0.4) is 0 Å². The maximum Gasteiger partial charge on any atom is 0.321 e. The van der Waals surface area contributed by atoms with Crippen molar-refractivity contribution < 1.29 is 14.0 Å². The Kier molecular flexibility index (Phi) is 6.81. The van der Waals surface area contributed by atoms with Crippen LogP contribution in [0.2, 0.25) is 0 Å². The molecule has 0 unspecified atom stereocenters. The molecule has 1 aromatic rings. The summed E-state index contributed by atoms with van der Waals surface area (Å²) in [6, 6.07) is 5.56.